The molecule has 0 aliphatic carbocycles. The van der Waals surface area contributed by atoms with E-state index in [-0.39, 0.29) is 11.7 Å². The zero-order chi connectivity index (χ0) is 13.0. The van der Waals surface area contributed by atoms with Crippen LogP contribution in [-0.4, -0.2) is 18.9 Å². The number of carbonyl (C=O) groups is 1. The van der Waals surface area contributed by atoms with E-state index in [1.54, 1.807) is 19.2 Å². The van der Waals surface area contributed by atoms with Gasteiger partial charge in [0.2, 0.25) is 0 Å². The summed E-state index contributed by atoms with van der Waals surface area (Å²) in [5.74, 6) is 0.972. The maximum Gasteiger partial charge on any atom is 0.180 e. The third kappa shape index (κ3) is 3.07. The predicted molar refractivity (Wildman–Crippen MR) is 69.5 cm³/mol. The lowest BCUT2D eigenvalue weighted by molar-refractivity contribution is 0.0934. The van der Waals surface area contributed by atoms with Crippen LogP contribution in [0.1, 0.15) is 36.2 Å². The lowest BCUT2D eigenvalue weighted by Crippen LogP contribution is -2.36. The Bertz CT molecular complexity index is 401. The second kappa shape index (κ2) is 5.82. The van der Waals surface area contributed by atoms with Crippen LogP contribution in [-0.2, 0) is 0 Å². The topological polar surface area (TPSA) is 52.3 Å². The normalized spacial score (nSPS) is 14.2. The second-order valence-electron chi connectivity index (χ2n) is 4.46. The van der Waals surface area contributed by atoms with Gasteiger partial charge in [-0.15, -0.1) is 0 Å². The molecule has 3 heteroatoms. The number of hydrogen-bond acceptors (Lipinski definition) is 3. The maximum absolute atomic E-state index is 12.2. The highest BCUT2D eigenvalue weighted by Gasteiger charge is 2.22. The summed E-state index contributed by atoms with van der Waals surface area (Å²) in [4.78, 5) is 12.2. The van der Waals surface area contributed by atoms with Crippen molar-refractivity contribution in [2.45, 2.75) is 33.2 Å². The molecule has 0 saturated heterocycles. The highest BCUT2D eigenvalue weighted by Crippen LogP contribution is 2.20. The monoisotopic (exact) mass is 235 g/mol. The lowest BCUT2D eigenvalue weighted by Gasteiger charge is -2.18. The summed E-state index contributed by atoms with van der Waals surface area (Å²) in [5, 5.41) is 0. The van der Waals surface area contributed by atoms with Crippen LogP contribution in [0.5, 0.6) is 5.75 Å². The van der Waals surface area contributed by atoms with E-state index in [9.17, 15) is 4.79 Å². The molecule has 0 fully saturated rings. The number of methoxy groups -OCH3 is 1. The average Bonchev–Trinajstić information content (AvgIpc) is 2.35. The standard InChI is InChI=1S/C14H21NO2/c1-5-9(2)13(15)14(16)12-7-6-11(17-4)8-10(12)3/h6-9,13H,5,15H2,1-4H3. The zero-order valence-corrected chi connectivity index (χ0v) is 11.0. The van der Waals surface area contributed by atoms with Crippen LogP contribution in [0.2, 0.25) is 0 Å². The SMILES string of the molecule is CCC(C)C(N)C(=O)c1ccc(OC)cc1C. The van der Waals surface area contributed by atoms with E-state index >= 15 is 0 Å². The van der Waals surface area contributed by atoms with Gasteiger partial charge < -0.3 is 10.5 Å². The van der Waals surface area contributed by atoms with Crippen molar-refractivity contribution in [1.82, 2.24) is 0 Å². The number of Topliss-reactive ketones (excluding diaryl/α,β-unsaturated/α-hetero) is 1. The van der Waals surface area contributed by atoms with Crippen molar-refractivity contribution >= 4 is 5.78 Å². The molecule has 1 rings (SSSR count). The van der Waals surface area contributed by atoms with Gasteiger partial charge in [-0.25, -0.2) is 0 Å². The van der Waals surface area contributed by atoms with Gasteiger partial charge in [-0.2, -0.15) is 0 Å². The van der Waals surface area contributed by atoms with E-state index < -0.39 is 6.04 Å². The molecule has 0 amide bonds. The molecule has 0 saturated carbocycles. The molecule has 0 spiro atoms. The van der Waals surface area contributed by atoms with Gasteiger partial charge >= 0.3 is 0 Å². The molecular weight excluding hydrogens is 214 g/mol. The van der Waals surface area contributed by atoms with Crippen LogP contribution in [0.3, 0.4) is 0 Å². The van der Waals surface area contributed by atoms with Gasteiger partial charge in [0.1, 0.15) is 5.75 Å². The highest BCUT2D eigenvalue weighted by atomic mass is 16.5. The van der Waals surface area contributed by atoms with Crippen LogP contribution in [0, 0.1) is 12.8 Å². The van der Waals surface area contributed by atoms with E-state index in [1.165, 1.54) is 0 Å². The molecular formula is C14H21NO2. The van der Waals surface area contributed by atoms with Gasteiger partial charge in [0, 0.05) is 5.56 Å². The molecule has 94 valence electrons. The fraction of sp³-hybridized carbons (Fsp3) is 0.500. The smallest absolute Gasteiger partial charge is 0.180 e. The van der Waals surface area contributed by atoms with Gasteiger partial charge in [0.05, 0.1) is 13.2 Å². The van der Waals surface area contributed by atoms with Crippen molar-refractivity contribution < 1.29 is 9.53 Å². The number of nitrogens with two attached hydrogens (primary N) is 1. The fourth-order valence-corrected chi connectivity index (χ4v) is 1.73. The largest absolute Gasteiger partial charge is 0.497 e. The van der Waals surface area contributed by atoms with Gasteiger partial charge in [0.25, 0.3) is 0 Å². The minimum Gasteiger partial charge on any atom is -0.497 e. The molecule has 0 aliphatic heterocycles. The van der Waals surface area contributed by atoms with Crippen LogP contribution < -0.4 is 10.5 Å². The quantitative estimate of drug-likeness (QED) is 0.798. The Balaban J connectivity index is 2.96. The zero-order valence-electron chi connectivity index (χ0n) is 11.0. The minimum atomic E-state index is -0.424. The Morgan fingerprint density at radius 2 is 2.12 bits per heavy atom. The summed E-state index contributed by atoms with van der Waals surface area (Å²) < 4.78 is 5.12. The van der Waals surface area contributed by atoms with Crippen LogP contribution in [0.4, 0.5) is 0 Å². The van der Waals surface area contributed by atoms with Crippen molar-refractivity contribution in [2.75, 3.05) is 7.11 Å². The minimum absolute atomic E-state index is 0.0134. The second-order valence-corrected chi connectivity index (χ2v) is 4.46. The molecule has 2 atom stereocenters. The third-order valence-electron chi connectivity index (χ3n) is 3.26. The molecule has 3 nitrogen and oxygen atoms in total. The first-order chi connectivity index (χ1) is 8.01. The molecule has 0 radical (unpaired) electrons. The molecule has 0 aromatic heterocycles. The fourth-order valence-electron chi connectivity index (χ4n) is 1.73. The summed E-state index contributed by atoms with van der Waals surface area (Å²) in [6.07, 6.45) is 0.905. The van der Waals surface area contributed by atoms with Crippen molar-refractivity contribution in [3.63, 3.8) is 0 Å². The summed E-state index contributed by atoms with van der Waals surface area (Å²) in [5.41, 5.74) is 7.57. The number of carbonyl (C=O) groups excluding carboxylic acids is 1. The summed E-state index contributed by atoms with van der Waals surface area (Å²) in [7, 11) is 1.61. The highest BCUT2D eigenvalue weighted by molar-refractivity contribution is 6.01. The van der Waals surface area contributed by atoms with E-state index in [0.29, 0.717) is 5.56 Å². The van der Waals surface area contributed by atoms with E-state index in [0.717, 1.165) is 17.7 Å². The van der Waals surface area contributed by atoms with Crippen LogP contribution >= 0.6 is 0 Å². The van der Waals surface area contributed by atoms with Gasteiger partial charge in [-0.3, -0.25) is 4.79 Å². The summed E-state index contributed by atoms with van der Waals surface area (Å²) >= 11 is 0. The number of rotatable bonds is 5. The van der Waals surface area contributed by atoms with Crippen LogP contribution in [0.15, 0.2) is 18.2 Å². The first kappa shape index (κ1) is 13.7. The molecule has 1 aromatic carbocycles. The Kier molecular flexibility index (Phi) is 4.70. The summed E-state index contributed by atoms with van der Waals surface area (Å²) in [6.45, 7) is 5.94. The van der Waals surface area contributed by atoms with Crippen molar-refractivity contribution in [3.05, 3.63) is 29.3 Å². The maximum atomic E-state index is 12.2. The number of benzene rings is 1. The molecule has 1 aromatic rings. The van der Waals surface area contributed by atoms with Crippen LogP contribution in [0.25, 0.3) is 0 Å². The number of aryl methyl sites for hydroxylation is 1. The Hall–Kier alpha value is -1.35. The summed E-state index contributed by atoms with van der Waals surface area (Å²) in [6, 6.07) is 5.02. The molecule has 17 heavy (non-hydrogen) atoms. The third-order valence-corrected chi connectivity index (χ3v) is 3.26. The predicted octanol–water partition coefficient (Wildman–Crippen LogP) is 2.56. The molecule has 0 bridgehead atoms. The number of hydrogen-bond donors (Lipinski definition) is 1. The van der Waals surface area contributed by atoms with Gasteiger partial charge in [0.15, 0.2) is 5.78 Å². The Labute approximate surface area is 103 Å². The first-order valence-electron chi connectivity index (χ1n) is 5.95. The Morgan fingerprint density at radius 3 is 2.59 bits per heavy atom. The Morgan fingerprint density at radius 1 is 1.47 bits per heavy atom. The van der Waals surface area contributed by atoms with Crippen molar-refractivity contribution in [3.8, 4) is 5.75 Å². The molecule has 0 aliphatic rings. The number of ether oxygens (including phenoxy) is 1. The van der Waals surface area contributed by atoms with E-state index in [4.69, 9.17) is 10.5 Å². The van der Waals surface area contributed by atoms with E-state index in [1.807, 2.05) is 26.8 Å². The lowest BCUT2D eigenvalue weighted by atomic mass is 9.91. The number of ketones is 1. The molecule has 2 unspecified atom stereocenters. The average molecular weight is 235 g/mol. The van der Waals surface area contributed by atoms with Crippen molar-refractivity contribution in [1.29, 1.82) is 0 Å². The molecule has 0 heterocycles. The van der Waals surface area contributed by atoms with Gasteiger partial charge in [-0.1, -0.05) is 20.3 Å². The van der Waals surface area contributed by atoms with E-state index in [2.05, 4.69) is 0 Å². The molecule has 2 N–H and O–H groups in total. The van der Waals surface area contributed by atoms with Crippen molar-refractivity contribution in [2.24, 2.45) is 11.7 Å². The van der Waals surface area contributed by atoms with Gasteiger partial charge in [-0.05, 0) is 36.6 Å². The first-order valence-corrected chi connectivity index (χ1v) is 5.95.